The summed E-state index contributed by atoms with van der Waals surface area (Å²) in [6, 6.07) is 7.17. The quantitative estimate of drug-likeness (QED) is 0.767. The van der Waals surface area contributed by atoms with Gasteiger partial charge in [-0.15, -0.1) is 10.2 Å². The van der Waals surface area contributed by atoms with Crippen molar-refractivity contribution in [1.29, 1.82) is 0 Å². The zero-order valence-electron chi connectivity index (χ0n) is 13.1. The normalized spacial score (nSPS) is 10.6. The number of hydrogen-bond donors (Lipinski definition) is 1. The summed E-state index contributed by atoms with van der Waals surface area (Å²) < 4.78 is 5.54. The van der Waals surface area contributed by atoms with Gasteiger partial charge in [0.1, 0.15) is 11.4 Å². The molecule has 3 rings (SSSR count). The molecule has 24 heavy (non-hydrogen) atoms. The molecule has 3 aromatic heterocycles. The molecule has 7 nitrogen and oxygen atoms in total. The molecule has 0 bridgehead atoms. The largest absolute Gasteiger partial charge is 0.489 e. The molecule has 1 amide bonds. The molecule has 0 aliphatic heterocycles. The summed E-state index contributed by atoms with van der Waals surface area (Å²) in [6.07, 6.45) is 4.74. The van der Waals surface area contributed by atoms with Gasteiger partial charge in [0.15, 0.2) is 5.01 Å². The Hall–Kier alpha value is -2.87. The van der Waals surface area contributed by atoms with Crippen LogP contribution in [0.2, 0.25) is 0 Å². The van der Waals surface area contributed by atoms with Crippen LogP contribution in [0.4, 0.5) is 5.13 Å². The van der Waals surface area contributed by atoms with Gasteiger partial charge in [0, 0.05) is 12.4 Å². The second-order valence-corrected chi connectivity index (χ2v) is 6.13. The van der Waals surface area contributed by atoms with Crippen LogP contribution >= 0.6 is 11.3 Å². The average molecular weight is 341 g/mol. The molecule has 0 aliphatic rings. The number of nitrogens with zero attached hydrogens (tertiary/aromatic N) is 4. The van der Waals surface area contributed by atoms with Gasteiger partial charge in [0.2, 0.25) is 5.13 Å². The van der Waals surface area contributed by atoms with Crippen LogP contribution in [0.15, 0.2) is 42.9 Å². The first-order chi connectivity index (χ1) is 11.6. The Kier molecular flexibility index (Phi) is 4.76. The molecule has 0 saturated carbocycles. The number of pyridine rings is 2. The molecule has 0 radical (unpaired) electrons. The second kappa shape index (κ2) is 7.14. The Labute approximate surface area is 142 Å². The van der Waals surface area contributed by atoms with E-state index in [0.717, 1.165) is 0 Å². The third-order valence-corrected chi connectivity index (χ3v) is 3.74. The van der Waals surface area contributed by atoms with Crippen molar-refractivity contribution in [2.24, 2.45) is 0 Å². The molecule has 0 aromatic carbocycles. The minimum Gasteiger partial charge on any atom is -0.489 e. The lowest BCUT2D eigenvalue weighted by molar-refractivity contribution is 0.102. The van der Waals surface area contributed by atoms with Crippen LogP contribution in [0.25, 0.3) is 10.7 Å². The molecule has 8 heteroatoms. The van der Waals surface area contributed by atoms with Crippen LogP contribution < -0.4 is 10.1 Å². The van der Waals surface area contributed by atoms with E-state index < -0.39 is 0 Å². The van der Waals surface area contributed by atoms with Gasteiger partial charge in [0.05, 0.1) is 17.9 Å². The van der Waals surface area contributed by atoms with Gasteiger partial charge < -0.3 is 4.74 Å². The lowest BCUT2D eigenvalue weighted by Gasteiger charge is -2.09. The standard InChI is InChI=1S/C16H15N5O2S/c1-10(2)23-12-7-11(8-17-9-12)14(22)19-16-21-20-15(24-16)13-5-3-4-6-18-13/h3-10H,1-2H3,(H,19,21,22). The average Bonchev–Trinajstić information content (AvgIpc) is 3.04. The number of amides is 1. The summed E-state index contributed by atoms with van der Waals surface area (Å²) in [5, 5.41) is 11.8. The second-order valence-electron chi connectivity index (χ2n) is 5.16. The summed E-state index contributed by atoms with van der Waals surface area (Å²) in [5.74, 6) is 0.226. The van der Waals surface area contributed by atoms with Crippen molar-refractivity contribution in [2.75, 3.05) is 5.32 Å². The molecular formula is C16H15N5O2S. The lowest BCUT2D eigenvalue weighted by atomic mass is 10.2. The Bertz CT molecular complexity index is 835. The molecule has 122 valence electrons. The van der Waals surface area contributed by atoms with Crippen LogP contribution in [0.5, 0.6) is 5.75 Å². The number of rotatable bonds is 5. The van der Waals surface area contributed by atoms with Crippen LogP contribution in [0.1, 0.15) is 24.2 Å². The topological polar surface area (TPSA) is 89.9 Å². The van der Waals surface area contributed by atoms with Crippen molar-refractivity contribution >= 4 is 22.4 Å². The van der Waals surface area contributed by atoms with Crippen LogP contribution in [0.3, 0.4) is 0 Å². The van der Waals surface area contributed by atoms with E-state index in [4.69, 9.17) is 4.74 Å². The summed E-state index contributed by atoms with van der Waals surface area (Å²) >= 11 is 1.26. The minimum absolute atomic E-state index is 0.00852. The first kappa shape index (κ1) is 16.0. The first-order valence-corrected chi connectivity index (χ1v) is 8.11. The molecule has 0 unspecified atom stereocenters. The third kappa shape index (κ3) is 3.90. The SMILES string of the molecule is CC(C)Oc1cncc(C(=O)Nc2nnc(-c3ccccn3)s2)c1. The summed E-state index contributed by atoms with van der Waals surface area (Å²) in [5.41, 5.74) is 1.10. The zero-order valence-corrected chi connectivity index (χ0v) is 13.9. The van der Waals surface area contributed by atoms with Crippen molar-refractivity contribution in [3.05, 3.63) is 48.4 Å². The number of carbonyl (C=O) groups excluding carboxylic acids is 1. The highest BCUT2D eigenvalue weighted by molar-refractivity contribution is 7.18. The first-order valence-electron chi connectivity index (χ1n) is 7.30. The number of ether oxygens (including phenoxy) is 1. The highest BCUT2D eigenvalue weighted by atomic mass is 32.1. The Morgan fingerprint density at radius 1 is 1.25 bits per heavy atom. The Morgan fingerprint density at radius 3 is 2.88 bits per heavy atom. The van der Waals surface area contributed by atoms with E-state index in [9.17, 15) is 4.79 Å². The molecule has 3 aromatic rings. The van der Waals surface area contributed by atoms with Gasteiger partial charge in [-0.25, -0.2) is 0 Å². The maximum atomic E-state index is 12.3. The van der Waals surface area contributed by atoms with Gasteiger partial charge in [-0.2, -0.15) is 0 Å². The molecular weight excluding hydrogens is 326 g/mol. The number of carbonyl (C=O) groups is 1. The van der Waals surface area contributed by atoms with Gasteiger partial charge in [-0.3, -0.25) is 20.1 Å². The summed E-state index contributed by atoms with van der Waals surface area (Å²) in [7, 11) is 0. The molecule has 0 spiro atoms. The molecule has 1 N–H and O–H groups in total. The van der Waals surface area contributed by atoms with E-state index in [-0.39, 0.29) is 12.0 Å². The fraction of sp³-hybridized carbons (Fsp3) is 0.188. The molecule has 0 saturated heterocycles. The van der Waals surface area contributed by atoms with E-state index in [1.807, 2.05) is 32.0 Å². The van der Waals surface area contributed by atoms with Crippen molar-refractivity contribution in [3.8, 4) is 16.5 Å². The van der Waals surface area contributed by atoms with E-state index >= 15 is 0 Å². The maximum Gasteiger partial charge on any atom is 0.259 e. The fourth-order valence-electron chi connectivity index (χ4n) is 1.92. The van der Waals surface area contributed by atoms with E-state index in [1.54, 1.807) is 18.5 Å². The van der Waals surface area contributed by atoms with Gasteiger partial charge in [0.25, 0.3) is 5.91 Å². The van der Waals surface area contributed by atoms with E-state index in [1.165, 1.54) is 17.5 Å². The lowest BCUT2D eigenvalue weighted by Crippen LogP contribution is -2.13. The van der Waals surface area contributed by atoms with Crippen LogP contribution in [-0.4, -0.2) is 32.2 Å². The van der Waals surface area contributed by atoms with Crippen LogP contribution in [0, 0.1) is 0 Å². The number of nitrogens with one attached hydrogen (secondary N) is 1. The fourth-order valence-corrected chi connectivity index (χ4v) is 2.63. The number of hydrogen-bond acceptors (Lipinski definition) is 7. The molecule has 0 atom stereocenters. The predicted molar refractivity (Wildman–Crippen MR) is 91.1 cm³/mol. The zero-order chi connectivity index (χ0) is 16.9. The van der Waals surface area contributed by atoms with Gasteiger partial charge in [-0.1, -0.05) is 17.4 Å². The number of aromatic nitrogens is 4. The van der Waals surface area contributed by atoms with Crippen molar-refractivity contribution in [3.63, 3.8) is 0 Å². The third-order valence-electron chi connectivity index (χ3n) is 2.88. The highest BCUT2D eigenvalue weighted by Crippen LogP contribution is 2.25. The van der Waals surface area contributed by atoms with Gasteiger partial charge >= 0.3 is 0 Å². The molecule has 0 fully saturated rings. The van der Waals surface area contributed by atoms with Crippen molar-refractivity contribution < 1.29 is 9.53 Å². The van der Waals surface area contributed by atoms with E-state index in [2.05, 4.69) is 25.5 Å². The Balaban J connectivity index is 1.72. The smallest absolute Gasteiger partial charge is 0.259 e. The molecule has 0 aliphatic carbocycles. The molecule has 3 heterocycles. The van der Waals surface area contributed by atoms with Gasteiger partial charge in [-0.05, 0) is 32.0 Å². The number of anilines is 1. The maximum absolute atomic E-state index is 12.3. The predicted octanol–water partition coefficient (Wildman–Crippen LogP) is 3.03. The van der Waals surface area contributed by atoms with Crippen LogP contribution in [-0.2, 0) is 0 Å². The Morgan fingerprint density at radius 2 is 2.12 bits per heavy atom. The van der Waals surface area contributed by atoms with E-state index in [0.29, 0.717) is 27.1 Å². The summed E-state index contributed by atoms with van der Waals surface area (Å²) in [4.78, 5) is 20.5. The monoisotopic (exact) mass is 341 g/mol. The highest BCUT2D eigenvalue weighted by Gasteiger charge is 2.13. The van der Waals surface area contributed by atoms with Crippen molar-refractivity contribution in [2.45, 2.75) is 20.0 Å². The van der Waals surface area contributed by atoms with Crippen molar-refractivity contribution in [1.82, 2.24) is 20.2 Å². The summed E-state index contributed by atoms with van der Waals surface area (Å²) in [6.45, 7) is 3.82. The minimum atomic E-state index is -0.319.